The Kier molecular flexibility index (Phi) is 5.39. The first-order valence-corrected chi connectivity index (χ1v) is 8.16. The minimum atomic E-state index is -0.459. The van der Waals surface area contributed by atoms with E-state index < -0.39 is 6.04 Å². The molecule has 1 aromatic carbocycles. The molecule has 4 nitrogen and oxygen atoms in total. The number of nitrogens with zero attached hydrogens (tertiary/aromatic N) is 2. The Morgan fingerprint density at radius 1 is 1.30 bits per heavy atom. The van der Waals surface area contributed by atoms with Gasteiger partial charge in [-0.25, -0.2) is 4.39 Å². The number of hydrogen-bond donors (Lipinski definition) is 0. The zero-order valence-electron chi connectivity index (χ0n) is 14.3. The number of piperazine rings is 1. The van der Waals surface area contributed by atoms with Crippen LogP contribution in [0.1, 0.15) is 38.3 Å². The van der Waals surface area contributed by atoms with Crippen LogP contribution in [0, 0.1) is 18.7 Å². The van der Waals surface area contributed by atoms with Gasteiger partial charge in [0.25, 0.3) is 0 Å². The molecule has 1 saturated heterocycles. The first-order chi connectivity index (χ1) is 10.8. The number of benzene rings is 1. The number of halogens is 1. The number of likely N-dealkylation sites (N-methyl/N-ethyl adjacent to an activating group) is 1. The molecule has 0 spiro atoms. The lowest BCUT2D eigenvalue weighted by Crippen LogP contribution is -2.59. The SMILES string of the molecule is CCN1CC(=O)N(Cc2cc(F)ccc2C)[C@@H](CC(C)C)C1=O. The third kappa shape index (κ3) is 3.89. The van der Waals surface area contributed by atoms with Gasteiger partial charge in [0.05, 0.1) is 6.54 Å². The van der Waals surface area contributed by atoms with Gasteiger partial charge in [-0.15, -0.1) is 0 Å². The van der Waals surface area contributed by atoms with Crippen LogP contribution in [-0.2, 0) is 16.1 Å². The smallest absolute Gasteiger partial charge is 0.245 e. The van der Waals surface area contributed by atoms with Crippen LogP contribution in [0.15, 0.2) is 18.2 Å². The van der Waals surface area contributed by atoms with E-state index in [0.717, 1.165) is 11.1 Å². The van der Waals surface area contributed by atoms with Gasteiger partial charge in [0.1, 0.15) is 11.9 Å². The standard InChI is InChI=1S/C18H25FN2O2/c1-5-20-11-17(22)21(16(18(20)23)8-12(2)3)10-14-9-15(19)7-6-13(14)4/h6-7,9,12,16H,5,8,10-11H2,1-4H3/t16-/m0/s1. The molecule has 0 N–H and O–H groups in total. The molecule has 0 unspecified atom stereocenters. The van der Waals surface area contributed by atoms with Crippen molar-refractivity contribution in [1.29, 1.82) is 0 Å². The van der Waals surface area contributed by atoms with Crippen LogP contribution in [0.5, 0.6) is 0 Å². The minimum Gasteiger partial charge on any atom is -0.332 e. The molecule has 0 aromatic heterocycles. The predicted molar refractivity (Wildman–Crippen MR) is 87.2 cm³/mol. The molecule has 5 heteroatoms. The number of aryl methyl sites for hydroxylation is 1. The molecule has 1 aliphatic heterocycles. The second kappa shape index (κ2) is 7.11. The van der Waals surface area contributed by atoms with E-state index in [1.165, 1.54) is 12.1 Å². The van der Waals surface area contributed by atoms with Crippen LogP contribution < -0.4 is 0 Å². The largest absolute Gasteiger partial charge is 0.332 e. The molecule has 2 rings (SSSR count). The van der Waals surface area contributed by atoms with Gasteiger partial charge in [-0.05, 0) is 49.4 Å². The fraction of sp³-hybridized carbons (Fsp3) is 0.556. The number of rotatable bonds is 5. The highest BCUT2D eigenvalue weighted by Crippen LogP contribution is 2.23. The molecule has 0 radical (unpaired) electrons. The monoisotopic (exact) mass is 320 g/mol. The Morgan fingerprint density at radius 2 is 2.00 bits per heavy atom. The van der Waals surface area contributed by atoms with Crippen molar-refractivity contribution in [3.63, 3.8) is 0 Å². The normalized spacial score (nSPS) is 19.0. The first kappa shape index (κ1) is 17.4. The molecule has 126 valence electrons. The zero-order chi connectivity index (χ0) is 17.1. The summed E-state index contributed by atoms with van der Waals surface area (Å²) in [7, 11) is 0. The van der Waals surface area contributed by atoms with Crippen molar-refractivity contribution in [2.24, 2.45) is 5.92 Å². The predicted octanol–water partition coefficient (Wildman–Crippen LogP) is 2.74. The van der Waals surface area contributed by atoms with Crippen LogP contribution in [0.4, 0.5) is 4.39 Å². The zero-order valence-corrected chi connectivity index (χ0v) is 14.3. The summed E-state index contributed by atoms with van der Waals surface area (Å²) in [6.07, 6.45) is 0.620. The van der Waals surface area contributed by atoms with Crippen molar-refractivity contribution in [1.82, 2.24) is 9.80 Å². The van der Waals surface area contributed by atoms with Gasteiger partial charge in [0, 0.05) is 13.1 Å². The van der Waals surface area contributed by atoms with Crippen LogP contribution >= 0.6 is 0 Å². The Morgan fingerprint density at radius 3 is 2.61 bits per heavy atom. The molecule has 0 bridgehead atoms. The molecule has 0 aliphatic carbocycles. The molecule has 1 atom stereocenters. The topological polar surface area (TPSA) is 40.6 Å². The summed E-state index contributed by atoms with van der Waals surface area (Å²) >= 11 is 0. The number of hydrogen-bond acceptors (Lipinski definition) is 2. The quantitative estimate of drug-likeness (QED) is 0.837. The van der Waals surface area contributed by atoms with E-state index in [0.29, 0.717) is 18.9 Å². The average molecular weight is 320 g/mol. The van der Waals surface area contributed by atoms with Crippen molar-refractivity contribution < 1.29 is 14.0 Å². The van der Waals surface area contributed by atoms with Crippen molar-refractivity contribution in [2.45, 2.75) is 46.7 Å². The number of carbonyl (C=O) groups is 2. The molecular weight excluding hydrogens is 295 g/mol. The molecule has 1 fully saturated rings. The van der Waals surface area contributed by atoms with Gasteiger partial charge >= 0.3 is 0 Å². The molecule has 1 aliphatic rings. The third-order valence-electron chi connectivity index (χ3n) is 4.35. The summed E-state index contributed by atoms with van der Waals surface area (Å²) in [5.41, 5.74) is 1.68. The maximum atomic E-state index is 13.5. The van der Waals surface area contributed by atoms with Gasteiger partial charge < -0.3 is 9.80 Å². The summed E-state index contributed by atoms with van der Waals surface area (Å²) in [6, 6.07) is 4.10. The fourth-order valence-corrected chi connectivity index (χ4v) is 2.98. The fourth-order valence-electron chi connectivity index (χ4n) is 2.98. The van der Waals surface area contributed by atoms with Gasteiger partial charge in [0.15, 0.2) is 0 Å². The molecule has 0 saturated carbocycles. The Balaban J connectivity index is 2.30. The highest BCUT2D eigenvalue weighted by Gasteiger charge is 2.38. The van der Waals surface area contributed by atoms with Crippen LogP contribution in [0.3, 0.4) is 0 Å². The summed E-state index contributed by atoms with van der Waals surface area (Å²) < 4.78 is 13.5. The molecule has 23 heavy (non-hydrogen) atoms. The highest BCUT2D eigenvalue weighted by molar-refractivity contribution is 5.94. The van der Waals surface area contributed by atoms with Crippen LogP contribution in [-0.4, -0.2) is 40.7 Å². The molecule has 1 heterocycles. The van der Waals surface area contributed by atoms with Gasteiger partial charge in [0.2, 0.25) is 11.8 Å². The Hall–Kier alpha value is -1.91. The van der Waals surface area contributed by atoms with Crippen molar-refractivity contribution in [3.05, 3.63) is 35.1 Å². The van der Waals surface area contributed by atoms with Gasteiger partial charge in [-0.3, -0.25) is 9.59 Å². The molecular formula is C18H25FN2O2. The minimum absolute atomic E-state index is 0.00476. The van der Waals surface area contributed by atoms with Crippen molar-refractivity contribution in [3.8, 4) is 0 Å². The third-order valence-corrected chi connectivity index (χ3v) is 4.35. The van der Waals surface area contributed by atoms with E-state index in [1.807, 2.05) is 27.7 Å². The maximum absolute atomic E-state index is 13.5. The number of amides is 2. The maximum Gasteiger partial charge on any atom is 0.245 e. The molecule has 2 amide bonds. The van der Waals surface area contributed by atoms with E-state index >= 15 is 0 Å². The van der Waals surface area contributed by atoms with Gasteiger partial charge in [-0.1, -0.05) is 19.9 Å². The van der Waals surface area contributed by atoms with Gasteiger partial charge in [-0.2, -0.15) is 0 Å². The van der Waals surface area contributed by atoms with E-state index in [2.05, 4.69) is 0 Å². The summed E-state index contributed by atoms with van der Waals surface area (Å²) in [4.78, 5) is 28.4. The van der Waals surface area contributed by atoms with E-state index in [1.54, 1.807) is 15.9 Å². The Labute approximate surface area is 137 Å². The van der Waals surface area contributed by atoms with E-state index in [9.17, 15) is 14.0 Å². The lowest BCUT2D eigenvalue weighted by Gasteiger charge is -2.41. The van der Waals surface area contributed by atoms with E-state index in [-0.39, 0.29) is 30.7 Å². The highest BCUT2D eigenvalue weighted by atomic mass is 19.1. The Bertz CT molecular complexity index is 601. The summed E-state index contributed by atoms with van der Waals surface area (Å²) in [5.74, 6) is -0.0998. The summed E-state index contributed by atoms with van der Waals surface area (Å²) in [6.45, 7) is 8.76. The lowest BCUT2D eigenvalue weighted by molar-refractivity contribution is -0.157. The van der Waals surface area contributed by atoms with Crippen LogP contribution in [0.2, 0.25) is 0 Å². The van der Waals surface area contributed by atoms with Crippen molar-refractivity contribution >= 4 is 11.8 Å². The lowest BCUT2D eigenvalue weighted by atomic mass is 9.97. The molecule has 1 aromatic rings. The van der Waals surface area contributed by atoms with E-state index in [4.69, 9.17) is 0 Å². The average Bonchev–Trinajstić information content (AvgIpc) is 2.49. The second-order valence-corrected chi connectivity index (χ2v) is 6.59. The summed E-state index contributed by atoms with van der Waals surface area (Å²) in [5, 5.41) is 0. The number of carbonyl (C=O) groups excluding carboxylic acids is 2. The first-order valence-electron chi connectivity index (χ1n) is 8.16. The second-order valence-electron chi connectivity index (χ2n) is 6.59. The van der Waals surface area contributed by atoms with Crippen LogP contribution in [0.25, 0.3) is 0 Å². The van der Waals surface area contributed by atoms with Crippen molar-refractivity contribution in [2.75, 3.05) is 13.1 Å².